The lowest BCUT2D eigenvalue weighted by Gasteiger charge is -2.11. The fourth-order valence-electron chi connectivity index (χ4n) is 1.94. The maximum atomic E-state index is 12.1. The lowest BCUT2D eigenvalue weighted by molar-refractivity contribution is 0.0732. The van der Waals surface area contributed by atoms with Gasteiger partial charge < -0.3 is 4.74 Å². The van der Waals surface area contributed by atoms with Gasteiger partial charge in [0.15, 0.2) is 0 Å². The maximum Gasteiger partial charge on any atom is 0.343 e. The van der Waals surface area contributed by atoms with Gasteiger partial charge in [-0.3, -0.25) is 0 Å². The minimum atomic E-state index is -0.469. The molecule has 3 nitrogen and oxygen atoms in total. The van der Waals surface area contributed by atoms with Crippen LogP contribution in [0.3, 0.4) is 0 Å². The van der Waals surface area contributed by atoms with Crippen molar-refractivity contribution in [3.63, 3.8) is 0 Å². The van der Waals surface area contributed by atoms with E-state index in [0.29, 0.717) is 21.9 Å². The first kappa shape index (κ1) is 14.1. The highest BCUT2D eigenvalue weighted by Gasteiger charge is 2.13. The third kappa shape index (κ3) is 2.98. The molecule has 0 N–H and O–H groups in total. The fraction of sp³-hybridized carbons (Fsp3) is 0.125. The average Bonchev–Trinajstić information content (AvgIpc) is 2.42. The molecule has 0 spiro atoms. The van der Waals surface area contributed by atoms with Crippen LogP contribution >= 0.6 is 11.6 Å². The summed E-state index contributed by atoms with van der Waals surface area (Å²) in [7, 11) is 0. The molecule has 0 radical (unpaired) electrons. The summed E-state index contributed by atoms with van der Waals surface area (Å²) in [6.07, 6.45) is 0. The number of esters is 1. The number of carbonyl (C=O) groups is 1. The Balaban J connectivity index is 2.31. The van der Waals surface area contributed by atoms with Gasteiger partial charge in [0, 0.05) is 5.02 Å². The quantitative estimate of drug-likeness (QED) is 0.618. The second-order valence-corrected chi connectivity index (χ2v) is 4.89. The summed E-state index contributed by atoms with van der Waals surface area (Å²) in [4.78, 5) is 12.1. The molecule has 20 heavy (non-hydrogen) atoms. The predicted molar refractivity (Wildman–Crippen MR) is 77.0 cm³/mol. The Hall–Kier alpha value is -2.31. The number of aryl methyl sites for hydroxylation is 2. The maximum absolute atomic E-state index is 12.1. The molecular weight excluding hydrogens is 274 g/mol. The molecule has 100 valence electrons. The van der Waals surface area contributed by atoms with Crippen LogP contribution in [0.4, 0.5) is 0 Å². The Labute approximate surface area is 122 Å². The molecule has 0 heterocycles. The molecule has 0 unspecified atom stereocenters. The van der Waals surface area contributed by atoms with Gasteiger partial charge in [-0.1, -0.05) is 17.7 Å². The van der Waals surface area contributed by atoms with Crippen LogP contribution in [-0.2, 0) is 0 Å². The second-order valence-electron chi connectivity index (χ2n) is 4.45. The zero-order chi connectivity index (χ0) is 14.7. The molecule has 0 aliphatic carbocycles. The van der Waals surface area contributed by atoms with E-state index >= 15 is 0 Å². The molecule has 0 aliphatic rings. The van der Waals surface area contributed by atoms with Crippen molar-refractivity contribution < 1.29 is 9.53 Å². The summed E-state index contributed by atoms with van der Waals surface area (Å²) in [5.41, 5.74) is 2.43. The van der Waals surface area contributed by atoms with E-state index in [1.807, 2.05) is 0 Å². The number of nitrogens with zero attached hydrogens (tertiary/aromatic N) is 1. The number of nitriles is 1. The molecule has 2 aromatic carbocycles. The van der Waals surface area contributed by atoms with Gasteiger partial charge in [-0.15, -0.1) is 0 Å². The number of hydrogen-bond acceptors (Lipinski definition) is 3. The van der Waals surface area contributed by atoms with Crippen molar-refractivity contribution in [3.05, 3.63) is 63.7 Å². The monoisotopic (exact) mass is 285 g/mol. The zero-order valence-electron chi connectivity index (χ0n) is 11.1. The summed E-state index contributed by atoms with van der Waals surface area (Å²) >= 11 is 5.85. The van der Waals surface area contributed by atoms with E-state index in [1.165, 1.54) is 0 Å². The summed E-state index contributed by atoms with van der Waals surface area (Å²) in [6.45, 7) is 3.60. The van der Waals surface area contributed by atoms with E-state index < -0.39 is 5.97 Å². The minimum Gasteiger partial charge on any atom is -0.422 e. The fourth-order valence-corrected chi connectivity index (χ4v) is 2.13. The Morgan fingerprint density at radius 3 is 2.40 bits per heavy atom. The highest BCUT2D eigenvalue weighted by atomic mass is 35.5. The summed E-state index contributed by atoms with van der Waals surface area (Å²) in [5, 5.41) is 9.37. The van der Waals surface area contributed by atoms with Crippen LogP contribution in [0.25, 0.3) is 0 Å². The number of ether oxygens (including phenoxy) is 1. The van der Waals surface area contributed by atoms with Gasteiger partial charge in [0.25, 0.3) is 0 Å². The molecule has 0 atom stereocenters. The summed E-state index contributed by atoms with van der Waals surface area (Å²) < 4.78 is 5.41. The first-order valence-electron chi connectivity index (χ1n) is 6.00. The van der Waals surface area contributed by atoms with E-state index in [9.17, 15) is 4.79 Å². The van der Waals surface area contributed by atoms with E-state index in [2.05, 4.69) is 6.07 Å². The topological polar surface area (TPSA) is 50.1 Å². The van der Waals surface area contributed by atoms with E-state index in [0.717, 1.165) is 11.1 Å². The van der Waals surface area contributed by atoms with Crippen LogP contribution in [0.2, 0.25) is 5.02 Å². The van der Waals surface area contributed by atoms with Crippen molar-refractivity contribution >= 4 is 17.6 Å². The van der Waals surface area contributed by atoms with Crippen molar-refractivity contribution in [3.8, 4) is 11.8 Å². The molecule has 2 aromatic rings. The van der Waals surface area contributed by atoms with E-state index in [-0.39, 0.29) is 0 Å². The van der Waals surface area contributed by atoms with Crippen LogP contribution in [0.5, 0.6) is 5.75 Å². The summed E-state index contributed by atoms with van der Waals surface area (Å²) in [6, 6.07) is 12.0. The van der Waals surface area contributed by atoms with Gasteiger partial charge in [-0.25, -0.2) is 4.79 Å². The molecule has 0 aromatic heterocycles. The van der Waals surface area contributed by atoms with Gasteiger partial charge in [-0.05, 0) is 55.3 Å². The van der Waals surface area contributed by atoms with Crippen LogP contribution in [0.1, 0.15) is 27.0 Å². The third-order valence-electron chi connectivity index (χ3n) is 2.84. The summed E-state index contributed by atoms with van der Waals surface area (Å²) in [5.74, 6) is 0.0115. The van der Waals surface area contributed by atoms with E-state index in [1.54, 1.807) is 50.2 Å². The minimum absolute atomic E-state index is 0.389. The van der Waals surface area contributed by atoms with Crippen molar-refractivity contribution in [1.82, 2.24) is 0 Å². The molecule has 0 saturated heterocycles. The Bertz CT molecular complexity index is 694. The van der Waals surface area contributed by atoms with Crippen LogP contribution in [-0.4, -0.2) is 5.97 Å². The SMILES string of the molecule is Cc1cc(C#N)cc(C)c1OC(=O)c1cccc(Cl)c1. The van der Waals surface area contributed by atoms with Crippen molar-refractivity contribution in [2.75, 3.05) is 0 Å². The van der Waals surface area contributed by atoms with Gasteiger partial charge in [0.05, 0.1) is 17.2 Å². The third-order valence-corrected chi connectivity index (χ3v) is 3.08. The van der Waals surface area contributed by atoms with Crippen LogP contribution in [0, 0.1) is 25.2 Å². The Morgan fingerprint density at radius 1 is 1.20 bits per heavy atom. The largest absolute Gasteiger partial charge is 0.422 e. The second kappa shape index (κ2) is 5.77. The molecule has 0 fully saturated rings. The lowest BCUT2D eigenvalue weighted by Crippen LogP contribution is -2.10. The zero-order valence-corrected chi connectivity index (χ0v) is 11.9. The molecule has 0 bridgehead atoms. The average molecular weight is 286 g/mol. The number of rotatable bonds is 2. The van der Waals surface area contributed by atoms with Crippen molar-refractivity contribution in [2.24, 2.45) is 0 Å². The Morgan fingerprint density at radius 2 is 1.85 bits per heavy atom. The van der Waals surface area contributed by atoms with Crippen LogP contribution in [0.15, 0.2) is 36.4 Å². The lowest BCUT2D eigenvalue weighted by atomic mass is 10.1. The first-order chi connectivity index (χ1) is 9.51. The smallest absolute Gasteiger partial charge is 0.343 e. The molecule has 0 saturated carbocycles. The normalized spacial score (nSPS) is 9.90. The van der Waals surface area contributed by atoms with Crippen LogP contribution < -0.4 is 4.74 Å². The first-order valence-corrected chi connectivity index (χ1v) is 6.38. The molecule has 2 rings (SSSR count). The highest BCUT2D eigenvalue weighted by molar-refractivity contribution is 6.30. The standard InChI is InChI=1S/C16H12ClNO2/c1-10-6-12(9-18)7-11(2)15(10)20-16(19)13-4-3-5-14(17)8-13/h3-8H,1-2H3. The van der Waals surface area contributed by atoms with Gasteiger partial charge >= 0.3 is 5.97 Å². The molecule has 0 aliphatic heterocycles. The number of carbonyl (C=O) groups excluding carboxylic acids is 1. The van der Waals surface area contributed by atoms with Gasteiger partial charge in [0.2, 0.25) is 0 Å². The van der Waals surface area contributed by atoms with Gasteiger partial charge in [0.1, 0.15) is 5.75 Å². The Kier molecular flexibility index (Phi) is 4.07. The van der Waals surface area contributed by atoms with E-state index in [4.69, 9.17) is 21.6 Å². The number of halogens is 1. The van der Waals surface area contributed by atoms with Crippen molar-refractivity contribution in [2.45, 2.75) is 13.8 Å². The molecular formula is C16H12ClNO2. The molecule has 4 heteroatoms. The molecule has 0 amide bonds. The number of hydrogen-bond donors (Lipinski definition) is 0. The van der Waals surface area contributed by atoms with Crippen molar-refractivity contribution in [1.29, 1.82) is 5.26 Å². The predicted octanol–water partition coefficient (Wildman–Crippen LogP) is 4.05. The highest BCUT2D eigenvalue weighted by Crippen LogP contribution is 2.25. The van der Waals surface area contributed by atoms with Gasteiger partial charge in [-0.2, -0.15) is 5.26 Å². The number of benzene rings is 2.